The zero-order chi connectivity index (χ0) is 15.9. The molecule has 2 bridgehead atoms. The van der Waals surface area contributed by atoms with Crippen molar-refractivity contribution in [2.24, 2.45) is 0 Å². The summed E-state index contributed by atoms with van der Waals surface area (Å²) < 4.78 is 17.7. The second-order valence-corrected chi connectivity index (χ2v) is 5.21. The quantitative estimate of drug-likeness (QED) is 0.770. The van der Waals surface area contributed by atoms with Crippen molar-refractivity contribution in [1.29, 1.82) is 0 Å². The average molecular weight is 308 g/mol. The summed E-state index contributed by atoms with van der Waals surface area (Å²) in [5.74, 6) is -0.466. The SMILES string of the molecule is CC(=O)OC1[C@@H](OC(C)=O)[C@H]2CNc3cccc(=O)n3[C@H]1O2. The highest BCUT2D eigenvalue weighted by molar-refractivity contribution is 5.67. The topological polar surface area (TPSA) is 95.9 Å². The fraction of sp³-hybridized carbons (Fsp3) is 0.500. The van der Waals surface area contributed by atoms with Gasteiger partial charge < -0.3 is 19.5 Å². The van der Waals surface area contributed by atoms with Gasteiger partial charge in [-0.2, -0.15) is 0 Å². The van der Waals surface area contributed by atoms with Gasteiger partial charge in [-0.1, -0.05) is 6.07 Å². The first-order valence-corrected chi connectivity index (χ1v) is 6.92. The second kappa shape index (κ2) is 5.45. The van der Waals surface area contributed by atoms with E-state index in [-0.39, 0.29) is 5.56 Å². The fourth-order valence-electron chi connectivity index (χ4n) is 2.84. The van der Waals surface area contributed by atoms with E-state index < -0.39 is 36.5 Å². The summed E-state index contributed by atoms with van der Waals surface area (Å²) in [6.07, 6.45) is -2.99. The van der Waals surface area contributed by atoms with Gasteiger partial charge in [0.15, 0.2) is 18.4 Å². The number of aromatic nitrogens is 1. The molecule has 8 nitrogen and oxygen atoms in total. The van der Waals surface area contributed by atoms with Crippen LogP contribution in [0.3, 0.4) is 0 Å². The minimum absolute atomic E-state index is 0.295. The van der Waals surface area contributed by atoms with Crippen molar-refractivity contribution in [3.63, 3.8) is 0 Å². The standard InChI is InChI=1S/C14H16N2O6/c1-7(17)20-12-9-6-15-10-4-3-5-11(19)16(10)14(22-9)13(12)21-8(2)18/h3-5,9,12-15H,6H2,1-2H3/t9-,12+,13?,14+/m1/s1. The van der Waals surface area contributed by atoms with Crippen LogP contribution in [0.5, 0.6) is 0 Å². The van der Waals surface area contributed by atoms with Crippen molar-refractivity contribution in [3.05, 3.63) is 28.6 Å². The molecular weight excluding hydrogens is 292 g/mol. The largest absolute Gasteiger partial charge is 0.456 e. The van der Waals surface area contributed by atoms with Crippen LogP contribution in [0.25, 0.3) is 0 Å². The number of ether oxygens (including phenoxy) is 3. The first-order chi connectivity index (χ1) is 10.5. The van der Waals surface area contributed by atoms with Gasteiger partial charge in [0.1, 0.15) is 11.9 Å². The highest BCUT2D eigenvalue weighted by Gasteiger charge is 2.51. The Bertz CT molecular complexity index is 670. The molecule has 4 atom stereocenters. The molecule has 118 valence electrons. The molecule has 1 fully saturated rings. The number of carbonyl (C=O) groups is 2. The molecule has 2 aliphatic rings. The van der Waals surface area contributed by atoms with E-state index in [9.17, 15) is 14.4 Å². The maximum atomic E-state index is 12.2. The van der Waals surface area contributed by atoms with Gasteiger partial charge in [0.2, 0.25) is 0 Å². The summed E-state index contributed by atoms with van der Waals surface area (Å²) in [5, 5.41) is 3.08. The summed E-state index contributed by atoms with van der Waals surface area (Å²) in [5.41, 5.74) is -0.295. The van der Waals surface area contributed by atoms with Gasteiger partial charge in [-0.05, 0) is 6.07 Å². The Morgan fingerprint density at radius 2 is 1.91 bits per heavy atom. The van der Waals surface area contributed by atoms with Crippen LogP contribution in [0.15, 0.2) is 23.0 Å². The van der Waals surface area contributed by atoms with Gasteiger partial charge in [0, 0.05) is 26.5 Å². The summed E-state index contributed by atoms with van der Waals surface area (Å²) in [7, 11) is 0. The molecule has 8 heteroatoms. The number of carbonyl (C=O) groups excluding carboxylic acids is 2. The second-order valence-electron chi connectivity index (χ2n) is 5.21. The Morgan fingerprint density at radius 3 is 2.59 bits per heavy atom. The minimum atomic E-state index is -0.868. The number of rotatable bonds is 2. The molecule has 0 aliphatic carbocycles. The Hall–Kier alpha value is -2.35. The van der Waals surface area contributed by atoms with Crippen molar-refractivity contribution in [2.75, 3.05) is 11.9 Å². The molecule has 1 saturated heterocycles. The Morgan fingerprint density at radius 1 is 1.23 bits per heavy atom. The lowest BCUT2D eigenvalue weighted by Crippen LogP contribution is -2.44. The van der Waals surface area contributed by atoms with Crippen LogP contribution in [0.2, 0.25) is 0 Å². The number of fused-ring (bicyclic) bond motifs is 4. The Labute approximate surface area is 126 Å². The molecule has 3 heterocycles. The van der Waals surface area contributed by atoms with Crippen molar-refractivity contribution in [2.45, 2.75) is 38.4 Å². The Balaban J connectivity index is 2.04. The van der Waals surface area contributed by atoms with E-state index in [1.165, 1.54) is 24.5 Å². The summed E-state index contributed by atoms with van der Waals surface area (Å²) in [6.45, 7) is 2.86. The van der Waals surface area contributed by atoms with Crippen LogP contribution >= 0.6 is 0 Å². The van der Waals surface area contributed by atoms with Gasteiger partial charge in [-0.3, -0.25) is 19.0 Å². The number of nitrogens with one attached hydrogen (secondary N) is 1. The average Bonchev–Trinajstić information content (AvgIpc) is 2.64. The van der Waals surface area contributed by atoms with Gasteiger partial charge in [0.05, 0.1) is 0 Å². The molecule has 0 amide bonds. The molecule has 1 N–H and O–H groups in total. The highest BCUT2D eigenvalue weighted by Crippen LogP contribution is 2.36. The summed E-state index contributed by atoms with van der Waals surface area (Å²) >= 11 is 0. The maximum absolute atomic E-state index is 12.2. The summed E-state index contributed by atoms with van der Waals surface area (Å²) in [4.78, 5) is 34.9. The van der Waals surface area contributed by atoms with E-state index in [0.717, 1.165) is 0 Å². The van der Waals surface area contributed by atoms with E-state index in [2.05, 4.69) is 5.32 Å². The zero-order valence-corrected chi connectivity index (χ0v) is 12.1. The van der Waals surface area contributed by atoms with Crippen molar-refractivity contribution in [1.82, 2.24) is 4.57 Å². The zero-order valence-electron chi connectivity index (χ0n) is 12.1. The first kappa shape index (κ1) is 14.6. The lowest BCUT2D eigenvalue weighted by Gasteiger charge is -2.27. The fourth-order valence-corrected chi connectivity index (χ4v) is 2.84. The van der Waals surface area contributed by atoms with Gasteiger partial charge >= 0.3 is 11.9 Å². The van der Waals surface area contributed by atoms with Crippen LogP contribution < -0.4 is 10.9 Å². The van der Waals surface area contributed by atoms with Gasteiger partial charge in [-0.25, -0.2) is 0 Å². The van der Waals surface area contributed by atoms with E-state index in [1.807, 2.05) is 0 Å². The molecule has 1 unspecified atom stereocenters. The molecule has 0 aromatic carbocycles. The lowest BCUT2D eigenvalue weighted by atomic mass is 10.1. The number of hydrogen-bond donors (Lipinski definition) is 1. The van der Waals surface area contributed by atoms with E-state index in [1.54, 1.807) is 12.1 Å². The molecule has 22 heavy (non-hydrogen) atoms. The monoisotopic (exact) mass is 308 g/mol. The van der Waals surface area contributed by atoms with Crippen molar-refractivity contribution < 1.29 is 23.8 Å². The van der Waals surface area contributed by atoms with Crippen LogP contribution in [-0.2, 0) is 23.8 Å². The van der Waals surface area contributed by atoms with E-state index >= 15 is 0 Å². The van der Waals surface area contributed by atoms with Crippen LogP contribution in [0.4, 0.5) is 5.82 Å². The predicted molar refractivity (Wildman–Crippen MR) is 74.2 cm³/mol. The molecule has 0 spiro atoms. The van der Waals surface area contributed by atoms with Crippen molar-refractivity contribution >= 4 is 17.8 Å². The van der Waals surface area contributed by atoms with Crippen LogP contribution in [0, 0.1) is 0 Å². The molecular formula is C14H16N2O6. The number of pyridine rings is 1. The van der Waals surface area contributed by atoms with Gasteiger partial charge in [0.25, 0.3) is 5.56 Å². The minimum Gasteiger partial charge on any atom is -0.456 e. The number of hydrogen-bond acceptors (Lipinski definition) is 7. The molecule has 1 aromatic heterocycles. The highest BCUT2D eigenvalue weighted by atomic mass is 16.6. The normalized spacial score (nSPS) is 29.0. The molecule has 2 aliphatic heterocycles. The van der Waals surface area contributed by atoms with Gasteiger partial charge in [-0.15, -0.1) is 0 Å². The first-order valence-electron chi connectivity index (χ1n) is 6.92. The number of anilines is 1. The summed E-state index contributed by atoms with van der Waals surface area (Å²) in [6, 6.07) is 4.75. The third-order valence-electron chi connectivity index (χ3n) is 3.62. The van der Waals surface area contributed by atoms with E-state index in [0.29, 0.717) is 12.4 Å². The number of nitrogens with zero attached hydrogens (tertiary/aromatic N) is 1. The van der Waals surface area contributed by atoms with Crippen LogP contribution in [-0.4, -0.2) is 41.4 Å². The Kier molecular flexibility index (Phi) is 3.61. The molecule has 3 rings (SSSR count). The third-order valence-corrected chi connectivity index (χ3v) is 3.62. The smallest absolute Gasteiger partial charge is 0.303 e. The predicted octanol–water partition coefficient (Wildman–Crippen LogP) is 0.0346. The lowest BCUT2D eigenvalue weighted by molar-refractivity contribution is -0.165. The molecule has 0 radical (unpaired) electrons. The number of esters is 2. The van der Waals surface area contributed by atoms with E-state index in [4.69, 9.17) is 14.2 Å². The van der Waals surface area contributed by atoms with Crippen LogP contribution in [0.1, 0.15) is 20.1 Å². The third kappa shape index (κ3) is 2.45. The molecule has 0 saturated carbocycles. The molecule has 1 aromatic rings. The maximum Gasteiger partial charge on any atom is 0.303 e. The van der Waals surface area contributed by atoms with Crippen molar-refractivity contribution in [3.8, 4) is 0 Å².